The minimum atomic E-state index is 0.0473. The Kier molecular flexibility index (Phi) is 3.58. The Morgan fingerprint density at radius 2 is 2.27 bits per heavy atom. The van der Waals surface area contributed by atoms with Gasteiger partial charge in [-0.05, 0) is 25.3 Å². The van der Waals surface area contributed by atoms with Gasteiger partial charge in [0.2, 0.25) is 0 Å². The van der Waals surface area contributed by atoms with Crippen LogP contribution in [0.25, 0.3) is 9.53 Å². The number of hydrogen-bond donors (Lipinski definition) is 1. The zero-order valence-electron chi connectivity index (χ0n) is 12.7. The van der Waals surface area contributed by atoms with Gasteiger partial charge in [-0.2, -0.15) is 0 Å². The number of aromatic nitrogens is 1. The van der Waals surface area contributed by atoms with Crippen molar-refractivity contribution in [2.75, 3.05) is 24.6 Å². The lowest BCUT2D eigenvalue weighted by molar-refractivity contribution is 0.0532. The van der Waals surface area contributed by atoms with Crippen molar-refractivity contribution in [3.63, 3.8) is 0 Å². The number of anilines is 1. The first-order valence-electron chi connectivity index (χ1n) is 7.68. The van der Waals surface area contributed by atoms with E-state index in [4.69, 9.17) is 9.72 Å². The predicted octanol–water partition coefficient (Wildman–Crippen LogP) is 2.72. The average molecular weight is 337 g/mol. The topological polar surface area (TPSA) is 54.5 Å². The smallest absolute Gasteiger partial charge is 0.261 e. The number of hydrogen-bond acceptors (Lipinski definition) is 6. The molecule has 1 aliphatic carbocycles. The van der Waals surface area contributed by atoms with Gasteiger partial charge in [0.05, 0.1) is 22.3 Å². The number of nitrogens with zero attached hydrogens (tertiary/aromatic N) is 2. The molecule has 2 fully saturated rings. The molecule has 1 saturated heterocycles. The Morgan fingerprint density at radius 1 is 1.45 bits per heavy atom. The molecule has 0 aromatic carbocycles. The molecule has 1 amide bonds. The summed E-state index contributed by atoms with van der Waals surface area (Å²) < 4.78 is 6.68. The number of morpholine rings is 1. The number of thiazole rings is 1. The summed E-state index contributed by atoms with van der Waals surface area (Å²) in [6.45, 7) is 6.77. The number of rotatable bonds is 3. The van der Waals surface area contributed by atoms with E-state index < -0.39 is 0 Å². The first kappa shape index (κ1) is 14.4. The number of carbonyl (C=O) groups is 1. The number of carbonyl (C=O) groups excluding carboxylic acids is 1. The zero-order valence-corrected chi connectivity index (χ0v) is 14.3. The summed E-state index contributed by atoms with van der Waals surface area (Å²) in [6.07, 6.45) is 1.35. The van der Waals surface area contributed by atoms with Crippen molar-refractivity contribution in [1.29, 1.82) is 0 Å². The van der Waals surface area contributed by atoms with Gasteiger partial charge in [-0.15, -0.1) is 11.3 Å². The second-order valence-electron chi connectivity index (χ2n) is 6.20. The van der Waals surface area contributed by atoms with Gasteiger partial charge in [0.1, 0.15) is 4.83 Å². The number of nitrogens with one attached hydrogen (secondary N) is 1. The highest BCUT2D eigenvalue weighted by Gasteiger charge is 2.34. The van der Waals surface area contributed by atoms with Gasteiger partial charge in [-0.25, -0.2) is 4.98 Å². The van der Waals surface area contributed by atoms with Crippen LogP contribution in [0.1, 0.15) is 29.9 Å². The molecule has 0 spiro atoms. The van der Waals surface area contributed by atoms with E-state index in [1.165, 1.54) is 11.3 Å². The van der Waals surface area contributed by atoms with E-state index in [-0.39, 0.29) is 12.0 Å². The van der Waals surface area contributed by atoms with Crippen LogP contribution in [0.4, 0.5) is 5.13 Å². The number of ether oxygens (including phenoxy) is 1. The van der Waals surface area contributed by atoms with Crippen LogP contribution in [-0.2, 0) is 4.74 Å². The maximum atomic E-state index is 12.2. The summed E-state index contributed by atoms with van der Waals surface area (Å²) in [7, 11) is 0. The van der Waals surface area contributed by atoms with Crippen LogP contribution in [0.3, 0.4) is 0 Å². The molecule has 4 rings (SSSR count). The normalized spacial score (nSPS) is 28.1. The molecule has 0 bridgehead atoms. The summed E-state index contributed by atoms with van der Waals surface area (Å²) in [5, 5.41) is 4.12. The first-order valence-corrected chi connectivity index (χ1v) is 9.31. The van der Waals surface area contributed by atoms with E-state index in [2.05, 4.69) is 24.1 Å². The Morgan fingerprint density at radius 3 is 2.95 bits per heavy atom. The number of thiophene rings is 1. The lowest BCUT2D eigenvalue weighted by Crippen LogP contribution is -2.41. The van der Waals surface area contributed by atoms with Gasteiger partial charge in [0.15, 0.2) is 5.13 Å². The highest BCUT2D eigenvalue weighted by atomic mass is 32.1. The Balaban J connectivity index is 1.50. The van der Waals surface area contributed by atoms with Crippen molar-refractivity contribution < 1.29 is 9.53 Å². The van der Waals surface area contributed by atoms with Crippen molar-refractivity contribution in [2.24, 2.45) is 5.92 Å². The van der Waals surface area contributed by atoms with Gasteiger partial charge in [0.25, 0.3) is 5.91 Å². The van der Waals surface area contributed by atoms with Crippen molar-refractivity contribution in [2.45, 2.75) is 32.4 Å². The lowest BCUT2D eigenvalue weighted by Gasteiger charge is -2.30. The van der Waals surface area contributed by atoms with E-state index >= 15 is 0 Å². The van der Waals surface area contributed by atoms with Crippen LogP contribution in [0, 0.1) is 5.92 Å². The molecule has 1 saturated carbocycles. The standard InChI is InChI=1S/C15H19N3O2S2/c1-8-5-10(8)16-13(19)11-6-12-14(21-11)17-15(22-12)18-3-4-20-9(2)7-18/h6,8-10H,3-5,7H2,1-2H3,(H,16,19)/t8-,9+,10-/m0/s1. The van der Waals surface area contributed by atoms with E-state index in [1.807, 2.05) is 6.07 Å². The molecule has 2 aromatic heterocycles. The third-order valence-electron chi connectivity index (χ3n) is 4.24. The summed E-state index contributed by atoms with van der Waals surface area (Å²) >= 11 is 3.16. The van der Waals surface area contributed by atoms with Crippen LogP contribution in [0.2, 0.25) is 0 Å². The summed E-state index contributed by atoms with van der Waals surface area (Å²) in [5.74, 6) is 0.671. The van der Waals surface area contributed by atoms with Crippen LogP contribution in [-0.4, -0.2) is 42.7 Å². The molecule has 0 radical (unpaired) electrons. The van der Waals surface area contributed by atoms with Crippen molar-refractivity contribution in [3.8, 4) is 0 Å². The Labute approximate surface area is 137 Å². The van der Waals surface area contributed by atoms with Crippen LogP contribution in [0.15, 0.2) is 6.07 Å². The first-order chi connectivity index (χ1) is 10.6. The molecule has 22 heavy (non-hydrogen) atoms. The molecule has 1 aliphatic heterocycles. The third-order valence-corrected chi connectivity index (χ3v) is 6.46. The zero-order chi connectivity index (χ0) is 15.3. The molecule has 1 N–H and O–H groups in total. The predicted molar refractivity (Wildman–Crippen MR) is 90.2 cm³/mol. The fourth-order valence-electron chi connectivity index (χ4n) is 2.73. The molecule has 3 atom stereocenters. The maximum Gasteiger partial charge on any atom is 0.261 e. The second-order valence-corrected chi connectivity index (χ2v) is 8.24. The Bertz CT molecular complexity index is 679. The molecule has 5 nitrogen and oxygen atoms in total. The van der Waals surface area contributed by atoms with Crippen molar-refractivity contribution in [3.05, 3.63) is 10.9 Å². The summed E-state index contributed by atoms with van der Waals surface area (Å²) in [5.41, 5.74) is 0. The van der Waals surface area contributed by atoms with Crippen LogP contribution < -0.4 is 10.2 Å². The molecular formula is C15H19N3O2S2. The van der Waals surface area contributed by atoms with Gasteiger partial charge < -0.3 is 15.0 Å². The van der Waals surface area contributed by atoms with E-state index in [1.54, 1.807) is 11.3 Å². The number of fused-ring (bicyclic) bond motifs is 1. The fraction of sp³-hybridized carbons (Fsp3) is 0.600. The highest BCUT2D eigenvalue weighted by molar-refractivity contribution is 7.29. The van der Waals surface area contributed by atoms with Gasteiger partial charge in [-0.1, -0.05) is 18.3 Å². The molecule has 2 aliphatic rings. The molecule has 0 unspecified atom stereocenters. The second kappa shape index (κ2) is 5.47. The summed E-state index contributed by atoms with van der Waals surface area (Å²) in [6, 6.07) is 2.35. The minimum absolute atomic E-state index is 0.0473. The highest BCUT2D eigenvalue weighted by Crippen LogP contribution is 2.36. The van der Waals surface area contributed by atoms with E-state index in [0.29, 0.717) is 12.0 Å². The lowest BCUT2D eigenvalue weighted by atomic mass is 10.3. The fourth-order valence-corrected chi connectivity index (χ4v) is 4.87. The quantitative estimate of drug-likeness (QED) is 0.936. The average Bonchev–Trinajstić information content (AvgIpc) is 2.87. The summed E-state index contributed by atoms with van der Waals surface area (Å²) in [4.78, 5) is 20.9. The van der Waals surface area contributed by atoms with Crippen LogP contribution >= 0.6 is 22.7 Å². The molecule has 7 heteroatoms. The molecular weight excluding hydrogens is 318 g/mol. The van der Waals surface area contributed by atoms with Crippen molar-refractivity contribution in [1.82, 2.24) is 10.3 Å². The van der Waals surface area contributed by atoms with E-state index in [0.717, 1.165) is 45.7 Å². The van der Waals surface area contributed by atoms with Gasteiger partial charge in [0, 0.05) is 19.1 Å². The maximum absolute atomic E-state index is 12.2. The molecule has 118 valence electrons. The molecule has 2 aromatic rings. The third kappa shape index (κ3) is 2.73. The van der Waals surface area contributed by atoms with Gasteiger partial charge >= 0.3 is 0 Å². The van der Waals surface area contributed by atoms with Crippen molar-refractivity contribution >= 4 is 43.2 Å². The number of amides is 1. The van der Waals surface area contributed by atoms with Crippen LogP contribution in [0.5, 0.6) is 0 Å². The SMILES string of the molecule is C[C@@H]1CN(c2nc3sc(C(=O)N[C@H]4C[C@@H]4C)cc3s2)CCO1. The molecule has 3 heterocycles. The Hall–Kier alpha value is -1.18. The monoisotopic (exact) mass is 337 g/mol. The minimum Gasteiger partial charge on any atom is -0.375 e. The largest absolute Gasteiger partial charge is 0.375 e. The van der Waals surface area contributed by atoms with E-state index in [9.17, 15) is 4.79 Å². The van der Waals surface area contributed by atoms with Gasteiger partial charge in [-0.3, -0.25) is 4.79 Å².